The fraction of sp³-hybridized carbons (Fsp3) is 0.375. The number of aromatic nitrogens is 2. The van der Waals surface area contributed by atoms with Crippen LogP contribution < -0.4 is 29.7 Å². The lowest BCUT2D eigenvalue weighted by Gasteiger charge is -2.30. The van der Waals surface area contributed by atoms with Crippen LogP contribution in [0.3, 0.4) is 0 Å². The monoisotopic (exact) mass is 541 g/mol. The summed E-state index contributed by atoms with van der Waals surface area (Å²) in [7, 11) is 7.35. The minimum Gasteiger partial charge on any atom is -0.493 e. The Morgan fingerprint density at radius 3 is 2.20 bits per heavy atom. The number of para-hydroxylation sites is 1. The fourth-order valence-corrected chi connectivity index (χ4v) is 5.25. The second-order valence-corrected chi connectivity index (χ2v) is 10.4. The third-order valence-electron chi connectivity index (χ3n) is 7.45. The van der Waals surface area contributed by atoms with E-state index in [0.29, 0.717) is 42.7 Å². The van der Waals surface area contributed by atoms with E-state index in [1.165, 1.54) is 0 Å². The van der Waals surface area contributed by atoms with E-state index in [1.54, 1.807) is 14.2 Å². The molecule has 1 fully saturated rings. The van der Waals surface area contributed by atoms with Crippen molar-refractivity contribution in [2.75, 3.05) is 38.5 Å². The Labute approximate surface area is 236 Å². The van der Waals surface area contributed by atoms with Crippen LogP contribution in [0.4, 0.5) is 11.8 Å². The summed E-state index contributed by atoms with van der Waals surface area (Å²) >= 11 is 0. The first-order valence-electron chi connectivity index (χ1n) is 13.9. The molecule has 3 aromatic carbocycles. The van der Waals surface area contributed by atoms with Gasteiger partial charge in [-0.15, -0.1) is 0 Å². The second-order valence-electron chi connectivity index (χ2n) is 10.4. The molecular formula is C32H39N5O3. The van der Waals surface area contributed by atoms with Crippen LogP contribution in [0.25, 0.3) is 10.9 Å². The molecule has 2 N–H and O–H groups in total. The van der Waals surface area contributed by atoms with E-state index in [9.17, 15) is 0 Å². The van der Waals surface area contributed by atoms with Crippen LogP contribution in [0.5, 0.6) is 17.2 Å². The third kappa shape index (κ3) is 6.57. The minimum atomic E-state index is 0.347. The number of nitrogens with zero attached hydrogens (tertiary/aromatic N) is 3. The topological polar surface area (TPSA) is 80.8 Å². The number of hydrogen-bond acceptors (Lipinski definition) is 8. The molecule has 8 nitrogen and oxygen atoms in total. The summed E-state index contributed by atoms with van der Waals surface area (Å²) in [5, 5.41) is 8.42. The fourth-order valence-electron chi connectivity index (χ4n) is 5.25. The first-order chi connectivity index (χ1) is 19.5. The number of hydrogen-bond donors (Lipinski definition) is 2. The number of methoxy groups -OCH3 is 2. The lowest BCUT2D eigenvalue weighted by Crippen LogP contribution is -2.37. The summed E-state index contributed by atoms with van der Waals surface area (Å²) in [5.74, 6) is 3.79. The van der Waals surface area contributed by atoms with Gasteiger partial charge in [-0.05, 0) is 49.4 Å². The molecule has 8 heteroatoms. The van der Waals surface area contributed by atoms with Crippen LogP contribution in [0, 0.1) is 0 Å². The predicted octanol–water partition coefficient (Wildman–Crippen LogP) is 5.80. The largest absolute Gasteiger partial charge is 0.493 e. The Bertz CT molecular complexity index is 1400. The first kappa shape index (κ1) is 27.5. The zero-order valence-electron chi connectivity index (χ0n) is 23.8. The average molecular weight is 542 g/mol. The van der Waals surface area contributed by atoms with Crippen molar-refractivity contribution in [2.24, 2.45) is 0 Å². The Kier molecular flexibility index (Phi) is 8.86. The highest BCUT2D eigenvalue weighted by atomic mass is 16.5. The molecule has 40 heavy (non-hydrogen) atoms. The highest BCUT2D eigenvalue weighted by Crippen LogP contribution is 2.35. The van der Waals surface area contributed by atoms with Gasteiger partial charge in [0.1, 0.15) is 18.2 Å². The standard InChI is InChI=1S/C32H39N5O3/c1-37(2)31-26-12-8-9-13-27(26)35-32(36-31)34-25-16-14-24(15-17-25)33-20-23-18-29(38-3)30(39-4)19-28(23)40-21-22-10-6-5-7-11-22/h5-13,18-19,24-25,33H,14-17,20-21H2,1-4H3,(H,34,35,36). The van der Waals surface area contributed by atoms with Gasteiger partial charge in [0.25, 0.3) is 0 Å². The Morgan fingerprint density at radius 1 is 0.800 bits per heavy atom. The normalized spacial score (nSPS) is 16.9. The SMILES string of the molecule is COc1cc(CNC2CCC(Nc3nc(N(C)C)c4ccccc4n3)CC2)c(OCc2ccccc2)cc1OC. The summed E-state index contributed by atoms with van der Waals surface area (Å²) in [6.45, 7) is 1.18. The van der Waals surface area contributed by atoms with E-state index >= 15 is 0 Å². The number of benzene rings is 3. The van der Waals surface area contributed by atoms with Crippen molar-refractivity contribution in [3.63, 3.8) is 0 Å². The molecule has 0 atom stereocenters. The third-order valence-corrected chi connectivity index (χ3v) is 7.45. The second kappa shape index (κ2) is 12.9. The molecule has 0 amide bonds. The summed E-state index contributed by atoms with van der Waals surface area (Å²) in [6, 6.07) is 23.0. The number of fused-ring (bicyclic) bond motifs is 1. The van der Waals surface area contributed by atoms with E-state index in [2.05, 4.69) is 28.8 Å². The van der Waals surface area contributed by atoms with Crippen molar-refractivity contribution in [1.82, 2.24) is 15.3 Å². The van der Waals surface area contributed by atoms with Crippen LogP contribution in [0.1, 0.15) is 36.8 Å². The molecule has 1 heterocycles. The number of rotatable bonds is 11. The molecule has 0 spiro atoms. The molecular weight excluding hydrogens is 502 g/mol. The molecule has 0 saturated heterocycles. The molecule has 1 aliphatic rings. The molecule has 0 radical (unpaired) electrons. The van der Waals surface area contributed by atoms with Gasteiger partial charge >= 0.3 is 0 Å². The zero-order valence-corrected chi connectivity index (χ0v) is 23.8. The van der Waals surface area contributed by atoms with Gasteiger partial charge in [0.15, 0.2) is 11.5 Å². The van der Waals surface area contributed by atoms with Gasteiger partial charge in [0, 0.05) is 49.7 Å². The van der Waals surface area contributed by atoms with Crippen molar-refractivity contribution < 1.29 is 14.2 Å². The zero-order chi connectivity index (χ0) is 27.9. The van der Waals surface area contributed by atoms with Gasteiger partial charge in [-0.25, -0.2) is 4.98 Å². The lowest BCUT2D eigenvalue weighted by molar-refractivity contribution is 0.293. The van der Waals surface area contributed by atoms with E-state index in [0.717, 1.165) is 59.3 Å². The summed E-state index contributed by atoms with van der Waals surface area (Å²) in [6.07, 6.45) is 4.24. The summed E-state index contributed by atoms with van der Waals surface area (Å²) in [4.78, 5) is 11.7. The molecule has 4 aromatic rings. The van der Waals surface area contributed by atoms with Gasteiger partial charge in [-0.1, -0.05) is 42.5 Å². The van der Waals surface area contributed by atoms with E-state index < -0.39 is 0 Å². The van der Waals surface area contributed by atoms with Crippen LogP contribution in [0.2, 0.25) is 0 Å². The molecule has 1 saturated carbocycles. The Morgan fingerprint density at radius 2 is 1.48 bits per heavy atom. The summed E-state index contributed by atoms with van der Waals surface area (Å²) in [5.41, 5.74) is 3.13. The maximum Gasteiger partial charge on any atom is 0.225 e. The van der Waals surface area contributed by atoms with Crippen LogP contribution in [0.15, 0.2) is 66.7 Å². The van der Waals surface area contributed by atoms with Crippen LogP contribution in [-0.4, -0.2) is 50.4 Å². The molecule has 1 aromatic heterocycles. The van der Waals surface area contributed by atoms with E-state index in [-0.39, 0.29) is 0 Å². The lowest BCUT2D eigenvalue weighted by atomic mass is 9.91. The molecule has 1 aliphatic carbocycles. The van der Waals surface area contributed by atoms with Gasteiger partial charge in [0.05, 0.1) is 19.7 Å². The number of nitrogens with one attached hydrogen (secondary N) is 2. The van der Waals surface area contributed by atoms with Crippen molar-refractivity contribution in [1.29, 1.82) is 0 Å². The highest BCUT2D eigenvalue weighted by molar-refractivity contribution is 5.90. The number of anilines is 2. The van der Waals surface area contributed by atoms with Crippen molar-refractivity contribution >= 4 is 22.7 Å². The molecule has 5 rings (SSSR count). The highest BCUT2D eigenvalue weighted by Gasteiger charge is 2.23. The number of ether oxygens (including phenoxy) is 3. The average Bonchev–Trinajstić information content (AvgIpc) is 2.99. The van der Waals surface area contributed by atoms with E-state index in [4.69, 9.17) is 24.2 Å². The van der Waals surface area contributed by atoms with Gasteiger partial charge < -0.3 is 29.7 Å². The Balaban J connectivity index is 1.20. The molecule has 0 aliphatic heterocycles. The quantitative estimate of drug-likeness (QED) is 0.246. The van der Waals surface area contributed by atoms with Gasteiger partial charge in [0.2, 0.25) is 5.95 Å². The maximum absolute atomic E-state index is 6.24. The van der Waals surface area contributed by atoms with Crippen LogP contribution >= 0.6 is 0 Å². The maximum atomic E-state index is 6.24. The van der Waals surface area contributed by atoms with Crippen LogP contribution in [-0.2, 0) is 13.2 Å². The van der Waals surface area contributed by atoms with Crippen molar-refractivity contribution in [3.8, 4) is 17.2 Å². The van der Waals surface area contributed by atoms with Gasteiger partial charge in [-0.2, -0.15) is 4.98 Å². The Hall–Kier alpha value is -4.04. The van der Waals surface area contributed by atoms with Crippen molar-refractivity contribution in [2.45, 2.75) is 50.9 Å². The van der Waals surface area contributed by atoms with Gasteiger partial charge in [-0.3, -0.25) is 0 Å². The molecule has 0 bridgehead atoms. The molecule has 0 unspecified atom stereocenters. The van der Waals surface area contributed by atoms with E-state index in [1.807, 2.05) is 67.5 Å². The minimum absolute atomic E-state index is 0.347. The first-order valence-corrected chi connectivity index (χ1v) is 13.9. The van der Waals surface area contributed by atoms with Crippen molar-refractivity contribution in [3.05, 3.63) is 77.9 Å². The summed E-state index contributed by atoms with van der Waals surface area (Å²) < 4.78 is 17.4. The predicted molar refractivity (Wildman–Crippen MR) is 161 cm³/mol. The molecule has 210 valence electrons. The smallest absolute Gasteiger partial charge is 0.225 e.